The summed E-state index contributed by atoms with van der Waals surface area (Å²) in [7, 11) is 1.47. The van der Waals surface area contributed by atoms with Gasteiger partial charge in [0.2, 0.25) is 0 Å². The maximum absolute atomic E-state index is 13.7. The maximum Gasteiger partial charge on any atom is 0.252 e. The molecule has 0 N–H and O–H groups in total. The van der Waals surface area contributed by atoms with Crippen molar-refractivity contribution in [3.63, 3.8) is 0 Å². The minimum Gasteiger partial charge on any atom is -0.495 e. The molecule has 1 aromatic heterocycles. The van der Waals surface area contributed by atoms with E-state index in [1.807, 2.05) is 39.0 Å². The van der Waals surface area contributed by atoms with Gasteiger partial charge < -0.3 is 14.0 Å². The predicted molar refractivity (Wildman–Crippen MR) is 155 cm³/mol. The molecule has 1 aliphatic carbocycles. The summed E-state index contributed by atoms with van der Waals surface area (Å²) in [6.07, 6.45) is 2.70. The number of Topliss-reactive ketones (excluding diaryl/α,β-unsaturated/α-hetero) is 3. The van der Waals surface area contributed by atoms with Crippen LogP contribution in [0.15, 0.2) is 53.5 Å². The first-order chi connectivity index (χ1) is 18.9. The molecule has 0 saturated carbocycles. The molecule has 210 valence electrons. The summed E-state index contributed by atoms with van der Waals surface area (Å²) >= 11 is 6.23. The molecular formula is C32H34ClNO6. The molecule has 3 aromatic rings. The Kier molecular flexibility index (Phi) is 8.76. The van der Waals surface area contributed by atoms with Gasteiger partial charge in [0.25, 0.3) is 5.56 Å². The highest BCUT2D eigenvalue weighted by molar-refractivity contribution is 6.31. The van der Waals surface area contributed by atoms with Gasteiger partial charge in [-0.25, -0.2) is 0 Å². The number of nitrogens with zero attached hydrogens (tertiary/aromatic N) is 1. The minimum atomic E-state index is -0.820. The lowest BCUT2D eigenvalue weighted by Crippen LogP contribution is -2.32. The van der Waals surface area contributed by atoms with E-state index in [9.17, 15) is 19.2 Å². The highest BCUT2D eigenvalue weighted by Gasteiger charge is 2.26. The average Bonchev–Trinajstić information content (AvgIpc) is 3.25. The van der Waals surface area contributed by atoms with Gasteiger partial charge in [0, 0.05) is 48.1 Å². The Hall–Kier alpha value is -3.55. The van der Waals surface area contributed by atoms with Crippen LogP contribution >= 0.6 is 11.6 Å². The van der Waals surface area contributed by atoms with Gasteiger partial charge in [-0.1, -0.05) is 29.8 Å². The van der Waals surface area contributed by atoms with Crippen molar-refractivity contribution in [1.82, 2.24) is 4.57 Å². The van der Waals surface area contributed by atoms with Crippen LogP contribution in [0.2, 0.25) is 5.02 Å². The van der Waals surface area contributed by atoms with Crippen LogP contribution in [0.4, 0.5) is 0 Å². The number of hydrogen-bond acceptors (Lipinski definition) is 6. The number of fused-ring (bicyclic) bond motifs is 1. The zero-order valence-corrected chi connectivity index (χ0v) is 24.3. The number of rotatable bonds is 10. The van der Waals surface area contributed by atoms with Gasteiger partial charge in [-0.3, -0.25) is 19.2 Å². The smallest absolute Gasteiger partial charge is 0.252 e. The number of pyridine rings is 1. The molecule has 8 heteroatoms. The van der Waals surface area contributed by atoms with Gasteiger partial charge in [-0.15, -0.1) is 0 Å². The van der Waals surface area contributed by atoms with E-state index in [1.165, 1.54) is 30.9 Å². The van der Waals surface area contributed by atoms with Crippen LogP contribution in [0.1, 0.15) is 67.2 Å². The number of carbonyl (C=O) groups excluding carboxylic acids is 3. The lowest BCUT2D eigenvalue weighted by molar-refractivity contribution is -0.122. The van der Waals surface area contributed by atoms with Crippen LogP contribution in [-0.4, -0.2) is 41.2 Å². The number of aromatic nitrogens is 1. The second-order valence-electron chi connectivity index (χ2n) is 11.2. The standard InChI is InChI=1S/C32H34ClNO6/c1-19(35)25-9-8-23(33)16-26(25)27-17-31(38)34(18-30(27)39-5)28(10-11-40-32(2,3)4)29(37)13-20-6-7-21-14-24(36)15-22(21)12-20/h6-9,12,16-18,28H,10-11,13-15H2,1-5H3. The zero-order chi connectivity index (χ0) is 29.2. The van der Waals surface area contributed by atoms with Crippen molar-refractivity contribution >= 4 is 29.0 Å². The lowest BCUT2D eigenvalue weighted by atomic mass is 9.96. The largest absolute Gasteiger partial charge is 0.495 e. The Morgan fingerprint density at radius 1 is 1.00 bits per heavy atom. The van der Waals surface area contributed by atoms with Gasteiger partial charge in [0.1, 0.15) is 11.5 Å². The summed E-state index contributed by atoms with van der Waals surface area (Å²) < 4.78 is 12.9. The van der Waals surface area contributed by atoms with Gasteiger partial charge in [0.15, 0.2) is 11.6 Å². The van der Waals surface area contributed by atoms with E-state index in [4.69, 9.17) is 21.1 Å². The van der Waals surface area contributed by atoms with Crippen LogP contribution in [0.5, 0.6) is 5.75 Å². The van der Waals surface area contributed by atoms with E-state index in [-0.39, 0.29) is 36.8 Å². The van der Waals surface area contributed by atoms with Gasteiger partial charge in [-0.05, 0) is 74.6 Å². The number of carbonyl (C=O) groups is 3. The molecular weight excluding hydrogens is 530 g/mol. The molecule has 0 spiro atoms. The van der Waals surface area contributed by atoms with Gasteiger partial charge >= 0.3 is 0 Å². The van der Waals surface area contributed by atoms with Gasteiger partial charge in [-0.2, -0.15) is 0 Å². The van der Waals surface area contributed by atoms with Crippen molar-refractivity contribution in [3.05, 3.63) is 86.3 Å². The monoisotopic (exact) mass is 563 g/mol. The molecule has 7 nitrogen and oxygen atoms in total. The quantitative estimate of drug-likeness (QED) is 0.298. The zero-order valence-electron chi connectivity index (χ0n) is 23.5. The molecule has 0 fully saturated rings. The molecule has 1 heterocycles. The number of halogens is 1. The Morgan fingerprint density at radius 2 is 1.73 bits per heavy atom. The fourth-order valence-corrected chi connectivity index (χ4v) is 5.23. The minimum absolute atomic E-state index is 0.0982. The molecule has 2 aromatic carbocycles. The molecule has 4 rings (SSSR count). The Morgan fingerprint density at radius 3 is 2.40 bits per heavy atom. The topological polar surface area (TPSA) is 91.7 Å². The molecule has 0 bridgehead atoms. The van der Waals surface area contributed by atoms with E-state index in [1.54, 1.807) is 18.2 Å². The summed E-state index contributed by atoms with van der Waals surface area (Å²) in [5.41, 5.74) is 3.21. The van der Waals surface area contributed by atoms with Crippen LogP contribution in [0, 0.1) is 0 Å². The molecule has 0 amide bonds. The van der Waals surface area contributed by atoms with E-state index in [0.29, 0.717) is 40.3 Å². The third-order valence-electron chi connectivity index (χ3n) is 6.97. The number of ketones is 3. The third-order valence-corrected chi connectivity index (χ3v) is 7.21. The maximum atomic E-state index is 13.7. The lowest BCUT2D eigenvalue weighted by Gasteiger charge is -2.24. The van der Waals surface area contributed by atoms with Crippen molar-refractivity contribution in [3.8, 4) is 16.9 Å². The highest BCUT2D eigenvalue weighted by atomic mass is 35.5. The molecule has 1 unspecified atom stereocenters. The van der Waals surface area contributed by atoms with Crippen molar-refractivity contribution in [2.24, 2.45) is 0 Å². The fraction of sp³-hybridized carbons (Fsp3) is 0.375. The van der Waals surface area contributed by atoms with E-state index in [2.05, 4.69) is 0 Å². The predicted octanol–water partition coefficient (Wildman–Crippen LogP) is 5.61. The molecule has 0 saturated heterocycles. The third kappa shape index (κ3) is 6.77. The van der Waals surface area contributed by atoms with Gasteiger partial charge in [0.05, 0.1) is 24.9 Å². The van der Waals surface area contributed by atoms with Crippen LogP contribution < -0.4 is 10.3 Å². The summed E-state index contributed by atoms with van der Waals surface area (Å²) in [4.78, 5) is 51.5. The highest BCUT2D eigenvalue weighted by Crippen LogP contribution is 2.34. The first kappa shape index (κ1) is 29.4. The number of benzene rings is 2. The van der Waals surface area contributed by atoms with Crippen LogP contribution in [0.3, 0.4) is 0 Å². The van der Waals surface area contributed by atoms with Crippen LogP contribution in [-0.2, 0) is 33.6 Å². The summed E-state index contributed by atoms with van der Waals surface area (Å²) in [6, 6.07) is 11.1. The second-order valence-corrected chi connectivity index (χ2v) is 11.6. The normalized spacial score (nSPS) is 13.7. The first-order valence-corrected chi connectivity index (χ1v) is 13.6. The Labute approximate surface area is 239 Å². The van der Waals surface area contributed by atoms with E-state index in [0.717, 1.165) is 16.7 Å². The van der Waals surface area contributed by atoms with E-state index < -0.39 is 17.2 Å². The number of hydrogen-bond donors (Lipinski definition) is 0. The molecule has 1 aliphatic rings. The van der Waals surface area contributed by atoms with Crippen molar-refractivity contribution < 1.29 is 23.9 Å². The van der Waals surface area contributed by atoms with Crippen molar-refractivity contribution in [2.75, 3.05) is 13.7 Å². The summed E-state index contributed by atoms with van der Waals surface area (Å²) in [5.74, 6) is 0.157. The first-order valence-electron chi connectivity index (χ1n) is 13.3. The van der Waals surface area contributed by atoms with Crippen molar-refractivity contribution in [2.45, 2.75) is 65.0 Å². The number of methoxy groups -OCH3 is 1. The molecule has 0 radical (unpaired) electrons. The molecule has 0 aliphatic heterocycles. The summed E-state index contributed by atoms with van der Waals surface area (Å²) in [6.45, 7) is 7.49. The van der Waals surface area contributed by atoms with E-state index >= 15 is 0 Å². The second kappa shape index (κ2) is 11.9. The number of ether oxygens (including phenoxy) is 2. The fourth-order valence-electron chi connectivity index (χ4n) is 5.06. The van der Waals surface area contributed by atoms with Crippen LogP contribution in [0.25, 0.3) is 11.1 Å². The Balaban J connectivity index is 1.73. The van der Waals surface area contributed by atoms with Crippen molar-refractivity contribution in [1.29, 1.82) is 0 Å². The summed E-state index contributed by atoms with van der Waals surface area (Å²) in [5, 5.41) is 0.412. The molecule has 1 atom stereocenters. The SMILES string of the molecule is COc1cn(C(CCOC(C)(C)C)C(=O)Cc2ccc3c(c2)CC(=O)C3)c(=O)cc1-c1cc(Cl)ccc1C(C)=O. The molecule has 40 heavy (non-hydrogen) atoms. The average molecular weight is 564 g/mol. The Bertz CT molecular complexity index is 1530.